The van der Waals surface area contributed by atoms with E-state index in [9.17, 15) is 0 Å². The molecule has 1 heterocycles. The van der Waals surface area contributed by atoms with Crippen LogP contribution in [0.1, 0.15) is 18.2 Å². The quantitative estimate of drug-likeness (QED) is 0.689. The SMILES string of the molecule is CCNCc1cc(C)nc(NCCOC)c1. The predicted molar refractivity (Wildman–Crippen MR) is 66.7 cm³/mol. The molecule has 2 N–H and O–H groups in total. The van der Waals surface area contributed by atoms with Gasteiger partial charge < -0.3 is 15.4 Å². The summed E-state index contributed by atoms with van der Waals surface area (Å²) in [4.78, 5) is 4.42. The van der Waals surface area contributed by atoms with Crippen molar-refractivity contribution in [3.8, 4) is 0 Å². The van der Waals surface area contributed by atoms with E-state index < -0.39 is 0 Å². The van der Waals surface area contributed by atoms with Crippen LogP contribution >= 0.6 is 0 Å². The van der Waals surface area contributed by atoms with E-state index in [1.165, 1.54) is 5.56 Å². The average molecular weight is 223 g/mol. The van der Waals surface area contributed by atoms with Crippen molar-refractivity contribution < 1.29 is 4.74 Å². The third-order valence-corrected chi connectivity index (χ3v) is 2.20. The number of rotatable bonds is 7. The number of hydrogen-bond donors (Lipinski definition) is 2. The molecule has 4 heteroatoms. The van der Waals surface area contributed by atoms with Gasteiger partial charge >= 0.3 is 0 Å². The van der Waals surface area contributed by atoms with E-state index in [0.717, 1.165) is 31.1 Å². The van der Waals surface area contributed by atoms with Gasteiger partial charge in [0.15, 0.2) is 0 Å². The fourth-order valence-electron chi connectivity index (χ4n) is 1.48. The fraction of sp³-hybridized carbons (Fsp3) is 0.583. The van der Waals surface area contributed by atoms with E-state index in [2.05, 4.69) is 34.7 Å². The molecule has 0 aliphatic heterocycles. The van der Waals surface area contributed by atoms with Gasteiger partial charge in [-0.15, -0.1) is 0 Å². The zero-order chi connectivity index (χ0) is 11.8. The van der Waals surface area contributed by atoms with Gasteiger partial charge in [-0.05, 0) is 31.2 Å². The van der Waals surface area contributed by atoms with Gasteiger partial charge in [0.25, 0.3) is 0 Å². The monoisotopic (exact) mass is 223 g/mol. The first kappa shape index (κ1) is 12.9. The van der Waals surface area contributed by atoms with Crippen LogP contribution in [-0.2, 0) is 11.3 Å². The number of aryl methyl sites for hydroxylation is 1. The van der Waals surface area contributed by atoms with Gasteiger partial charge in [-0.1, -0.05) is 6.92 Å². The molecule has 90 valence electrons. The summed E-state index contributed by atoms with van der Waals surface area (Å²) in [5.74, 6) is 0.921. The lowest BCUT2D eigenvalue weighted by Gasteiger charge is -2.09. The van der Waals surface area contributed by atoms with E-state index in [1.807, 2.05) is 6.92 Å². The van der Waals surface area contributed by atoms with Gasteiger partial charge in [0, 0.05) is 25.9 Å². The van der Waals surface area contributed by atoms with Crippen LogP contribution in [0.25, 0.3) is 0 Å². The summed E-state index contributed by atoms with van der Waals surface area (Å²) in [6.07, 6.45) is 0. The minimum absolute atomic E-state index is 0.693. The second-order valence-electron chi connectivity index (χ2n) is 3.70. The number of nitrogens with zero attached hydrogens (tertiary/aromatic N) is 1. The number of nitrogens with one attached hydrogen (secondary N) is 2. The number of methoxy groups -OCH3 is 1. The van der Waals surface area contributed by atoms with Crippen molar-refractivity contribution in [2.75, 3.05) is 32.1 Å². The topological polar surface area (TPSA) is 46.2 Å². The van der Waals surface area contributed by atoms with Crippen LogP contribution in [0.4, 0.5) is 5.82 Å². The maximum absolute atomic E-state index is 4.99. The van der Waals surface area contributed by atoms with Gasteiger partial charge in [0.2, 0.25) is 0 Å². The Morgan fingerprint density at radius 3 is 2.88 bits per heavy atom. The standard InChI is InChI=1S/C12H21N3O/c1-4-13-9-11-7-10(2)15-12(8-11)14-5-6-16-3/h7-8,13H,4-6,9H2,1-3H3,(H,14,15). The molecule has 0 atom stereocenters. The summed E-state index contributed by atoms with van der Waals surface area (Å²) in [6, 6.07) is 4.18. The third-order valence-electron chi connectivity index (χ3n) is 2.20. The average Bonchev–Trinajstić information content (AvgIpc) is 2.26. The second-order valence-corrected chi connectivity index (χ2v) is 3.70. The molecule has 4 nitrogen and oxygen atoms in total. The van der Waals surface area contributed by atoms with Gasteiger partial charge in [0.05, 0.1) is 6.61 Å². The van der Waals surface area contributed by atoms with Crippen LogP contribution in [0.15, 0.2) is 12.1 Å². The summed E-state index contributed by atoms with van der Waals surface area (Å²) in [7, 11) is 1.70. The highest BCUT2D eigenvalue weighted by atomic mass is 16.5. The minimum atomic E-state index is 0.693. The summed E-state index contributed by atoms with van der Waals surface area (Å²) < 4.78 is 4.99. The molecule has 0 aliphatic carbocycles. The molecule has 0 spiro atoms. The van der Waals surface area contributed by atoms with E-state index in [4.69, 9.17) is 4.74 Å². The highest BCUT2D eigenvalue weighted by Gasteiger charge is 1.99. The molecule has 0 saturated carbocycles. The van der Waals surface area contributed by atoms with Crippen molar-refractivity contribution in [3.05, 3.63) is 23.4 Å². The zero-order valence-electron chi connectivity index (χ0n) is 10.3. The van der Waals surface area contributed by atoms with Gasteiger partial charge in [-0.3, -0.25) is 0 Å². The first-order valence-electron chi connectivity index (χ1n) is 5.67. The fourth-order valence-corrected chi connectivity index (χ4v) is 1.48. The van der Waals surface area contributed by atoms with Crippen LogP contribution in [-0.4, -0.2) is 31.8 Å². The Labute approximate surface area is 97.4 Å². The van der Waals surface area contributed by atoms with E-state index in [0.29, 0.717) is 6.61 Å². The number of aromatic nitrogens is 1. The molecule has 16 heavy (non-hydrogen) atoms. The van der Waals surface area contributed by atoms with Crippen LogP contribution in [0.2, 0.25) is 0 Å². The molecule has 0 aliphatic rings. The lowest BCUT2D eigenvalue weighted by Crippen LogP contribution is -2.13. The van der Waals surface area contributed by atoms with Crippen LogP contribution in [0.5, 0.6) is 0 Å². The molecule has 0 amide bonds. The van der Waals surface area contributed by atoms with Crippen molar-refractivity contribution in [1.29, 1.82) is 0 Å². The van der Waals surface area contributed by atoms with Gasteiger partial charge in [0.1, 0.15) is 5.82 Å². The highest BCUT2D eigenvalue weighted by Crippen LogP contribution is 2.09. The maximum atomic E-state index is 4.99. The van der Waals surface area contributed by atoms with Crippen LogP contribution < -0.4 is 10.6 Å². The Morgan fingerprint density at radius 2 is 2.19 bits per heavy atom. The summed E-state index contributed by atoms with van der Waals surface area (Å²) in [5.41, 5.74) is 2.30. The maximum Gasteiger partial charge on any atom is 0.126 e. The largest absolute Gasteiger partial charge is 0.383 e. The summed E-state index contributed by atoms with van der Waals surface area (Å²) in [5, 5.41) is 6.55. The first-order valence-corrected chi connectivity index (χ1v) is 5.67. The highest BCUT2D eigenvalue weighted by molar-refractivity contribution is 5.39. The molecular formula is C12H21N3O. The Kier molecular flexibility index (Phi) is 5.82. The third kappa shape index (κ3) is 4.59. The summed E-state index contributed by atoms with van der Waals surface area (Å²) >= 11 is 0. The van der Waals surface area contributed by atoms with Crippen LogP contribution in [0, 0.1) is 6.92 Å². The van der Waals surface area contributed by atoms with Crippen molar-refractivity contribution in [1.82, 2.24) is 10.3 Å². The second kappa shape index (κ2) is 7.19. The Bertz CT molecular complexity index is 315. The molecule has 0 unspecified atom stereocenters. The number of hydrogen-bond acceptors (Lipinski definition) is 4. The van der Waals surface area contributed by atoms with E-state index >= 15 is 0 Å². The van der Waals surface area contributed by atoms with E-state index in [-0.39, 0.29) is 0 Å². The van der Waals surface area contributed by atoms with Crippen LogP contribution in [0.3, 0.4) is 0 Å². The predicted octanol–water partition coefficient (Wildman–Crippen LogP) is 1.56. The number of pyridine rings is 1. The molecule has 0 saturated heterocycles. The number of anilines is 1. The van der Waals surface area contributed by atoms with Gasteiger partial charge in [-0.25, -0.2) is 4.98 Å². The number of ether oxygens (including phenoxy) is 1. The molecule has 0 bridgehead atoms. The van der Waals surface area contributed by atoms with Crippen molar-refractivity contribution >= 4 is 5.82 Å². The Balaban J connectivity index is 2.58. The lowest BCUT2D eigenvalue weighted by molar-refractivity contribution is 0.210. The molecule has 1 rings (SSSR count). The van der Waals surface area contributed by atoms with Crippen molar-refractivity contribution in [2.45, 2.75) is 20.4 Å². The molecular weight excluding hydrogens is 202 g/mol. The van der Waals surface area contributed by atoms with Crippen molar-refractivity contribution in [2.24, 2.45) is 0 Å². The lowest BCUT2D eigenvalue weighted by atomic mass is 10.2. The first-order chi connectivity index (χ1) is 7.76. The van der Waals surface area contributed by atoms with Gasteiger partial charge in [-0.2, -0.15) is 0 Å². The van der Waals surface area contributed by atoms with E-state index in [1.54, 1.807) is 7.11 Å². The Morgan fingerprint density at radius 1 is 1.38 bits per heavy atom. The molecule has 0 fully saturated rings. The zero-order valence-corrected chi connectivity index (χ0v) is 10.3. The minimum Gasteiger partial charge on any atom is -0.383 e. The Hall–Kier alpha value is -1.13. The molecule has 1 aromatic rings. The van der Waals surface area contributed by atoms with Crippen molar-refractivity contribution in [3.63, 3.8) is 0 Å². The summed E-state index contributed by atoms with van der Waals surface area (Å²) in [6.45, 7) is 7.46. The smallest absolute Gasteiger partial charge is 0.126 e. The normalized spacial score (nSPS) is 10.4. The molecule has 0 aromatic carbocycles. The molecule has 1 aromatic heterocycles. The molecule has 0 radical (unpaired) electrons.